The number of para-hydroxylation sites is 1. The summed E-state index contributed by atoms with van der Waals surface area (Å²) in [5.41, 5.74) is 0.780. The third-order valence-electron chi connectivity index (χ3n) is 3.66. The van der Waals surface area contributed by atoms with Crippen LogP contribution in [0.15, 0.2) is 59.4 Å². The van der Waals surface area contributed by atoms with Gasteiger partial charge in [0.05, 0.1) is 5.39 Å². The molecule has 0 bridgehead atoms. The molecule has 3 rings (SSSR count). The van der Waals surface area contributed by atoms with Crippen molar-refractivity contribution >= 4 is 39.6 Å². The van der Waals surface area contributed by atoms with E-state index in [-0.39, 0.29) is 5.56 Å². The maximum atomic E-state index is 11.8. The average Bonchev–Trinajstić information content (AvgIpc) is 2.64. The van der Waals surface area contributed by atoms with Gasteiger partial charge in [0.1, 0.15) is 0 Å². The fraction of sp³-hybridized carbons (Fsp3) is 0.167. The van der Waals surface area contributed by atoms with E-state index in [9.17, 15) is 4.79 Å². The van der Waals surface area contributed by atoms with Gasteiger partial charge in [-0.1, -0.05) is 36.4 Å². The number of rotatable bonds is 6. The molecule has 7 heteroatoms. The molecule has 0 unspecified atom stereocenters. The summed E-state index contributed by atoms with van der Waals surface area (Å²) in [4.78, 5) is 11.8. The standard InChI is InChI=1S/C18H19N5OS/c24-17-15-10-5-4-9-14(15)16(22-23-17)19-11-6-12-20-18(25)21-13-7-2-1-3-8-13/h1-5,7-10H,6,11-12H2,(H,19,22)(H,23,24)(H2,20,21,25). The van der Waals surface area contributed by atoms with Crippen LogP contribution in [0.25, 0.3) is 10.8 Å². The van der Waals surface area contributed by atoms with E-state index in [0.717, 1.165) is 24.0 Å². The Balaban J connectivity index is 1.45. The van der Waals surface area contributed by atoms with Gasteiger partial charge in [-0.3, -0.25) is 4.79 Å². The minimum Gasteiger partial charge on any atom is -0.368 e. The first-order valence-corrected chi connectivity index (χ1v) is 8.46. The molecule has 0 saturated heterocycles. The van der Waals surface area contributed by atoms with Gasteiger partial charge >= 0.3 is 0 Å². The highest BCUT2D eigenvalue weighted by Gasteiger charge is 2.04. The molecule has 2 aromatic carbocycles. The Morgan fingerprint density at radius 1 is 1.00 bits per heavy atom. The number of fused-ring (bicyclic) bond motifs is 1. The van der Waals surface area contributed by atoms with Crippen LogP contribution in [-0.4, -0.2) is 28.4 Å². The van der Waals surface area contributed by atoms with E-state index in [1.807, 2.05) is 48.5 Å². The van der Waals surface area contributed by atoms with Crippen LogP contribution in [0.5, 0.6) is 0 Å². The summed E-state index contributed by atoms with van der Waals surface area (Å²) in [6.07, 6.45) is 0.853. The van der Waals surface area contributed by atoms with Gasteiger partial charge in [-0.05, 0) is 36.8 Å². The van der Waals surface area contributed by atoms with Crippen molar-refractivity contribution in [2.24, 2.45) is 0 Å². The Bertz CT molecular complexity index is 910. The molecule has 0 radical (unpaired) electrons. The van der Waals surface area contributed by atoms with Crippen molar-refractivity contribution in [2.75, 3.05) is 23.7 Å². The second kappa shape index (κ2) is 8.25. The van der Waals surface area contributed by atoms with Crippen molar-refractivity contribution in [3.05, 3.63) is 65.0 Å². The molecular formula is C18H19N5OS. The average molecular weight is 353 g/mol. The van der Waals surface area contributed by atoms with E-state index in [2.05, 4.69) is 26.1 Å². The van der Waals surface area contributed by atoms with E-state index in [0.29, 0.717) is 22.9 Å². The molecule has 25 heavy (non-hydrogen) atoms. The highest BCUT2D eigenvalue weighted by atomic mass is 32.1. The lowest BCUT2D eigenvalue weighted by atomic mass is 10.2. The molecule has 0 aliphatic carbocycles. The fourth-order valence-electron chi connectivity index (χ4n) is 2.44. The molecular weight excluding hydrogens is 334 g/mol. The number of aromatic nitrogens is 2. The van der Waals surface area contributed by atoms with Crippen molar-refractivity contribution in [2.45, 2.75) is 6.42 Å². The van der Waals surface area contributed by atoms with Gasteiger partial charge in [0.15, 0.2) is 10.9 Å². The number of benzene rings is 2. The lowest BCUT2D eigenvalue weighted by Crippen LogP contribution is -2.30. The van der Waals surface area contributed by atoms with Crippen LogP contribution < -0.4 is 21.5 Å². The Kier molecular flexibility index (Phi) is 5.58. The molecule has 1 aromatic heterocycles. The monoisotopic (exact) mass is 353 g/mol. The smallest absolute Gasteiger partial charge is 0.272 e. The number of thiocarbonyl (C=S) groups is 1. The van der Waals surface area contributed by atoms with Crippen LogP contribution in [0.1, 0.15) is 6.42 Å². The predicted octanol–water partition coefficient (Wildman–Crippen LogP) is 2.71. The molecule has 4 N–H and O–H groups in total. The molecule has 1 heterocycles. The van der Waals surface area contributed by atoms with Gasteiger partial charge < -0.3 is 16.0 Å². The summed E-state index contributed by atoms with van der Waals surface area (Å²) in [6.45, 7) is 1.44. The first-order chi connectivity index (χ1) is 12.2. The zero-order chi connectivity index (χ0) is 17.5. The summed E-state index contributed by atoms with van der Waals surface area (Å²) in [5.74, 6) is 0.681. The second-order valence-electron chi connectivity index (χ2n) is 5.47. The van der Waals surface area contributed by atoms with Crippen LogP contribution in [0.4, 0.5) is 11.5 Å². The highest BCUT2D eigenvalue weighted by molar-refractivity contribution is 7.80. The first-order valence-electron chi connectivity index (χ1n) is 8.05. The van der Waals surface area contributed by atoms with Gasteiger partial charge in [0.25, 0.3) is 5.56 Å². The van der Waals surface area contributed by atoms with Gasteiger partial charge in [0.2, 0.25) is 0 Å². The SMILES string of the molecule is O=c1[nH]nc(NCCCNC(=S)Nc2ccccc2)c2ccccc12. The van der Waals surface area contributed by atoms with Gasteiger partial charge in [-0.2, -0.15) is 5.10 Å². The number of aromatic amines is 1. The second-order valence-corrected chi connectivity index (χ2v) is 5.88. The van der Waals surface area contributed by atoms with Crippen LogP contribution in [0.3, 0.4) is 0 Å². The summed E-state index contributed by atoms with van der Waals surface area (Å²) in [5, 5.41) is 18.2. The van der Waals surface area contributed by atoms with Crippen LogP contribution in [0, 0.1) is 0 Å². The minimum absolute atomic E-state index is 0.180. The molecule has 0 aliphatic heterocycles. The normalized spacial score (nSPS) is 10.4. The lowest BCUT2D eigenvalue weighted by Gasteiger charge is -2.11. The number of H-pyrrole nitrogens is 1. The van der Waals surface area contributed by atoms with E-state index in [1.54, 1.807) is 6.07 Å². The van der Waals surface area contributed by atoms with Crippen LogP contribution >= 0.6 is 12.2 Å². The number of nitrogens with zero attached hydrogens (tertiary/aromatic N) is 1. The molecule has 0 aliphatic rings. The van der Waals surface area contributed by atoms with Gasteiger partial charge in [-0.25, -0.2) is 5.10 Å². The number of hydrogen-bond donors (Lipinski definition) is 4. The van der Waals surface area contributed by atoms with Crippen molar-refractivity contribution in [3.63, 3.8) is 0 Å². The largest absolute Gasteiger partial charge is 0.368 e. The summed E-state index contributed by atoms with van der Waals surface area (Å²) in [6, 6.07) is 17.2. The Hall–Kier alpha value is -2.93. The van der Waals surface area contributed by atoms with E-state index in [1.165, 1.54) is 0 Å². The molecule has 3 aromatic rings. The molecule has 0 fully saturated rings. The Morgan fingerprint density at radius 2 is 1.72 bits per heavy atom. The Labute approximate surface area is 150 Å². The zero-order valence-electron chi connectivity index (χ0n) is 13.6. The van der Waals surface area contributed by atoms with Crippen molar-refractivity contribution in [1.82, 2.24) is 15.5 Å². The van der Waals surface area contributed by atoms with E-state index >= 15 is 0 Å². The third kappa shape index (κ3) is 4.54. The zero-order valence-corrected chi connectivity index (χ0v) is 14.4. The molecule has 0 amide bonds. The lowest BCUT2D eigenvalue weighted by molar-refractivity contribution is 0.805. The van der Waals surface area contributed by atoms with Crippen molar-refractivity contribution < 1.29 is 0 Å². The number of hydrogen-bond acceptors (Lipinski definition) is 4. The summed E-state index contributed by atoms with van der Waals surface area (Å²) in [7, 11) is 0. The first kappa shape index (κ1) is 16.9. The van der Waals surface area contributed by atoms with E-state index < -0.39 is 0 Å². The van der Waals surface area contributed by atoms with Crippen LogP contribution in [-0.2, 0) is 0 Å². The third-order valence-corrected chi connectivity index (χ3v) is 3.91. The predicted molar refractivity (Wildman–Crippen MR) is 106 cm³/mol. The fourth-order valence-corrected chi connectivity index (χ4v) is 2.66. The van der Waals surface area contributed by atoms with Gasteiger partial charge in [-0.15, -0.1) is 0 Å². The van der Waals surface area contributed by atoms with Crippen molar-refractivity contribution in [3.8, 4) is 0 Å². The summed E-state index contributed by atoms with van der Waals surface area (Å²) >= 11 is 5.26. The minimum atomic E-state index is -0.180. The quantitative estimate of drug-likeness (QED) is 0.403. The molecule has 0 spiro atoms. The molecule has 128 valence electrons. The van der Waals surface area contributed by atoms with E-state index in [4.69, 9.17) is 12.2 Å². The molecule has 0 saturated carbocycles. The highest BCUT2D eigenvalue weighted by Crippen LogP contribution is 2.16. The summed E-state index contributed by atoms with van der Waals surface area (Å²) < 4.78 is 0. The maximum Gasteiger partial charge on any atom is 0.272 e. The number of anilines is 2. The number of nitrogens with one attached hydrogen (secondary N) is 4. The topological polar surface area (TPSA) is 81.8 Å². The molecule has 0 atom stereocenters. The molecule has 6 nitrogen and oxygen atoms in total. The van der Waals surface area contributed by atoms with Gasteiger partial charge in [0, 0.05) is 24.2 Å². The van der Waals surface area contributed by atoms with Crippen LogP contribution in [0.2, 0.25) is 0 Å². The maximum absolute atomic E-state index is 11.8. The Morgan fingerprint density at radius 3 is 2.52 bits per heavy atom. The van der Waals surface area contributed by atoms with Crippen molar-refractivity contribution in [1.29, 1.82) is 0 Å².